The van der Waals surface area contributed by atoms with Gasteiger partial charge in [-0.15, -0.1) is 21.8 Å². The third-order valence-corrected chi connectivity index (χ3v) is 4.87. The van der Waals surface area contributed by atoms with Gasteiger partial charge < -0.3 is 14.5 Å². The minimum absolute atomic E-state index is 0.00650. The minimum Gasteiger partial charge on any atom is -0.464 e. The van der Waals surface area contributed by atoms with E-state index in [1.54, 1.807) is 6.92 Å². The zero-order valence-corrected chi connectivity index (χ0v) is 15.5. The number of esters is 1. The van der Waals surface area contributed by atoms with Crippen LogP contribution in [0.4, 0.5) is 5.13 Å². The number of rotatable bonds is 8. The Balaban J connectivity index is 1.93. The predicted molar refractivity (Wildman–Crippen MR) is 94.3 cm³/mol. The fourth-order valence-corrected chi connectivity index (χ4v) is 3.31. The Labute approximate surface area is 155 Å². The third kappa shape index (κ3) is 6.15. The molecule has 0 saturated heterocycles. The van der Waals surface area contributed by atoms with Crippen molar-refractivity contribution in [3.63, 3.8) is 0 Å². The molecule has 0 aliphatic heterocycles. The van der Waals surface area contributed by atoms with Crippen molar-refractivity contribution in [3.8, 4) is 5.75 Å². The second-order valence-electron chi connectivity index (χ2n) is 4.55. The lowest BCUT2D eigenvalue weighted by Gasteiger charge is -2.03. The highest BCUT2D eigenvalue weighted by atomic mass is 35.5. The van der Waals surface area contributed by atoms with Crippen molar-refractivity contribution >= 4 is 51.7 Å². The molecule has 2 heterocycles. The predicted octanol–water partition coefficient (Wildman–Crippen LogP) is 2.67. The molecular weight excluding hydrogens is 390 g/mol. The fourth-order valence-electron chi connectivity index (χ4n) is 1.50. The van der Waals surface area contributed by atoms with E-state index in [0.717, 1.165) is 6.26 Å². The number of thioether (sulfide) groups is 1. The number of alkyl halides is 1. The van der Waals surface area contributed by atoms with E-state index >= 15 is 0 Å². The summed E-state index contributed by atoms with van der Waals surface area (Å²) in [4.78, 5) is 34.5. The molecule has 2 aromatic heterocycles. The molecule has 0 fully saturated rings. The lowest BCUT2D eigenvalue weighted by molar-refractivity contribution is -0.134. The smallest absolute Gasteiger partial charge is 0.312 e. The van der Waals surface area contributed by atoms with Crippen molar-refractivity contribution in [2.24, 2.45) is 0 Å². The van der Waals surface area contributed by atoms with Crippen molar-refractivity contribution in [2.45, 2.75) is 29.9 Å². The molecule has 0 bridgehead atoms. The molecule has 2 rings (SSSR count). The number of hydrogen-bond donors (Lipinski definition) is 1. The van der Waals surface area contributed by atoms with Crippen LogP contribution >= 0.6 is 34.7 Å². The van der Waals surface area contributed by atoms with Crippen LogP contribution in [-0.2, 0) is 15.3 Å². The van der Waals surface area contributed by atoms with E-state index in [1.165, 1.54) is 29.2 Å². The number of nitrogens with zero attached hydrogens (tertiary/aromatic N) is 2. The summed E-state index contributed by atoms with van der Waals surface area (Å²) in [6.07, 6.45) is 1.46. The SMILES string of the molecule is CCC(=O)Nc1nnc(SCc2cc(=O)c(OC(=O)CCCl)co2)s1. The van der Waals surface area contributed by atoms with Crippen molar-refractivity contribution in [1.29, 1.82) is 0 Å². The Kier molecular flexibility index (Phi) is 7.41. The Morgan fingerprint density at radius 1 is 1.44 bits per heavy atom. The number of nitrogens with one attached hydrogen (secondary N) is 1. The van der Waals surface area contributed by atoms with Crippen molar-refractivity contribution in [3.05, 3.63) is 28.3 Å². The zero-order chi connectivity index (χ0) is 18.2. The Morgan fingerprint density at radius 2 is 2.24 bits per heavy atom. The highest BCUT2D eigenvalue weighted by molar-refractivity contribution is 8.00. The van der Waals surface area contributed by atoms with Gasteiger partial charge in [-0.3, -0.25) is 14.4 Å². The molecule has 0 aliphatic rings. The van der Waals surface area contributed by atoms with Crippen molar-refractivity contribution in [1.82, 2.24) is 10.2 Å². The van der Waals surface area contributed by atoms with Gasteiger partial charge in [-0.05, 0) is 0 Å². The molecule has 134 valence electrons. The molecule has 0 radical (unpaired) electrons. The first-order valence-corrected chi connectivity index (χ1v) is 9.50. The number of amides is 1. The van der Waals surface area contributed by atoms with Gasteiger partial charge in [-0.25, -0.2) is 0 Å². The van der Waals surface area contributed by atoms with E-state index in [2.05, 4.69) is 15.5 Å². The number of anilines is 1. The molecule has 25 heavy (non-hydrogen) atoms. The van der Waals surface area contributed by atoms with Crippen LogP contribution in [0.3, 0.4) is 0 Å². The van der Waals surface area contributed by atoms with Crippen LogP contribution in [0, 0.1) is 0 Å². The summed E-state index contributed by atoms with van der Waals surface area (Å²) in [5.74, 6) is -0.0769. The minimum atomic E-state index is -0.597. The maximum Gasteiger partial charge on any atom is 0.312 e. The first-order valence-electron chi connectivity index (χ1n) is 7.16. The number of ether oxygens (including phenoxy) is 1. The quantitative estimate of drug-likeness (QED) is 0.310. The number of carbonyl (C=O) groups excluding carboxylic acids is 2. The molecule has 0 spiro atoms. The van der Waals surface area contributed by atoms with Crippen LogP contribution in [0.5, 0.6) is 5.75 Å². The molecule has 1 amide bonds. The van der Waals surface area contributed by atoms with E-state index in [4.69, 9.17) is 20.8 Å². The molecule has 0 atom stereocenters. The van der Waals surface area contributed by atoms with Crippen LogP contribution in [-0.4, -0.2) is 28.0 Å². The summed E-state index contributed by atoms with van der Waals surface area (Å²) >= 11 is 7.95. The third-order valence-electron chi connectivity index (χ3n) is 2.69. The van der Waals surface area contributed by atoms with E-state index in [1.807, 2.05) is 0 Å². The summed E-state index contributed by atoms with van der Waals surface area (Å²) in [5, 5.41) is 10.8. The first kappa shape index (κ1) is 19.4. The summed E-state index contributed by atoms with van der Waals surface area (Å²) in [6, 6.07) is 1.25. The van der Waals surface area contributed by atoms with Gasteiger partial charge in [0.1, 0.15) is 12.0 Å². The standard InChI is InChI=1S/C14H14ClN3O5S2/c1-2-11(20)16-13-17-18-14(25-13)24-7-8-5-9(19)10(6-22-8)23-12(21)3-4-15/h5-6H,2-4,7H2,1H3,(H,16,17,20). The summed E-state index contributed by atoms with van der Waals surface area (Å²) in [5.41, 5.74) is -0.460. The highest BCUT2D eigenvalue weighted by Crippen LogP contribution is 2.28. The van der Waals surface area contributed by atoms with Gasteiger partial charge in [0.05, 0.1) is 12.2 Å². The van der Waals surface area contributed by atoms with Crippen LogP contribution in [0.2, 0.25) is 0 Å². The molecule has 1 N–H and O–H groups in total. The van der Waals surface area contributed by atoms with Gasteiger partial charge >= 0.3 is 5.97 Å². The molecule has 0 aromatic carbocycles. The van der Waals surface area contributed by atoms with Crippen LogP contribution < -0.4 is 15.5 Å². The second-order valence-corrected chi connectivity index (χ2v) is 7.13. The van der Waals surface area contributed by atoms with Gasteiger partial charge in [0.2, 0.25) is 22.2 Å². The monoisotopic (exact) mass is 403 g/mol. The Morgan fingerprint density at radius 3 is 2.92 bits per heavy atom. The highest BCUT2D eigenvalue weighted by Gasteiger charge is 2.12. The summed E-state index contributed by atoms with van der Waals surface area (Å²) in [7, 11) is 0. The molecule has 11 heteroatoms. The number of hydrogen-bond acceptors (Lipinski definition) is 9. The number of halogens is 1. The van der Waals surface area contributed by atoms with E-state index in [9.17, 15) is 14.4 Å². The summed E-state index contributed by atoms with van der Waals surface area (Å²) < 4.78 is 10.8. The average molecular weight is 404 g/mol. The van der Waals surface area contributed by atoms with E-state index in [-0.39, 0.29) is 24.0 Å². The number of carbonyl (C=O) groups is 2. The van der Waals surface area contributed by atoms with Crippen molar-refractivity contribution in [2.75, 3.05) is 11.2 Å². The number of aromatic nitrogens is 2. The van der Waals surface area contributed by atoms with Crippen LogP contribution in [0.15, 0.2) is 25.9 Å². The average Bonchev–Trinajstić information content (AvgIpc) is 3.02. The fraction of sp³-hybridized carbons (Fsp3) is 0.357. The summed E-state index contributed by atoms with van der Waals surface area (Å²) in [6.45, 7) is 1.74. The zero-order valence-electron chi connectivity index (χ0n) is 13.1. The lowest BCUT2D eigenvalue weighted by atomic mass is 10.4. The van der Waals surface area contributed by atoms with Crippen molar-refractivity contribution < 1.29 is 18.7 Å². The topological polar surface area (TPSA) is 111 Å². The van der Waals surface area contributed by atoms with Gasteiger partial charge in [0.15, 0.2) is 4.34 Å². The van der Waals surface area contributed by atoms with Gasteiger partial charge in [-0.1, -0.05) is 30.0 Å². The maximum absolute atomic E-state index is 11.9. The van der Waals surface area contributed by atoms with E-state index < -0.39 is 11.4 Å². The van der Waals surface area contributed by atoms with Gasteiger partial charge in [-0.2, -0.15) is 0 Å². The van der Waals surface area contributed by atoms with Crippen LogP contribution in [0.25, 0.3) is 0 Å². The van der Waals surface area contributed by atoms with Gasteiger partial charge in [0.25, 0.3) is 0 Å². The van der Waals surface area contributed by atoms with Crippen LogP contribution in [0.1, 0.15) is 25.5 Å². The Hall–Kier alpha value is -1.91. The first-order chi connectivity index (χ1) is 12.0. The molecule has 0 unspecified atom stereocenters. The largest absolute Gasteiger partial charge is 0.464 e. The van der Waals surface area contributed by atoms with E-state index in [0.29, 0.717) is 27.4 Å². The molecule has 0 aliphatic carbocycles. The maximum atomic E-state index is 11.9. The molecule has 0 saturated carbocycles. The molecular formula is C14H14ClN3O5S2. The van der Waals surface area contributed by atoms with Gasteiger partial charge in [0, 0.05) is 18.4 Å². The molecule has 2 aromatic rings. The lowest BCUT2D eigenvalue weighted by Crippen LogP contribution is -2.14. The normalized spacial score (nSPS) is 10.5. The second kappa shape index (κ2) is 9.54. The molecule has 8 nitrogen and oxygen atoms in total. The Bertz CT molecular complexity index is 808.